The molecule has 4 rings (SSSR count). The first-order valence-corrected chi connectivity index (χ1v) is 10.6. The van der Waals surface area contributed by atoms with E-state index in [1.165, 1.54) is 19.3 Å². The molecule has 1 fully saturated rings. The number of rotatable bonds is 7. The van der Waals surface area contributed by atoms with E-state index in [1.54, 1.807) is 18.2 Å². The van der Waals surface area contributed by atoms with E-state index in [1.807, 2.05) is 13.3 Å². The lowest BCUT2D eigenvalue weighted by Crippen LogP contribution is -2.26. The number of phenols is 1. The fourth-order valence-corrected chi connectivity index (χ4v) is 3.92. The van der Waals surface area contributed by atoms with Crippen LogP contribution >= 0.6 is 0 Å². The van der Waals surface area contributed by atoms with Gasteiger partial charge in [0.25, 0.3) is 0 Å². The normalized spacial score (nSPS) is 15.9. The van der Waals surface area contributed by atoms with Crippen molar-refractivity contribution in [3.8, 4) is 5.75 Å². The highest BCUT2D eigenvalue weighted by Gasteiger charge is 2.21. The second-order valence-electron chi connectivity index (χ2n) is 8.11. The summed E-state index contributed by atoms with van der Waals surface area (Å²) in [7, 11) is 0. The number of anilines is 3. The number of nitrogens with zero attached hydrogens (tertiary/aromatic N) is 4. The standard InChI is InChI=1S/C21H30N8O/c1-13(22)10-25-21-27-19(24-11-14-9-15(23)7-8-17(14)30)18-20(28-21)29(12-26-18)16-5-3-2-4-6-16/h7-9,12-13,16,30H,2-6,10-11,22-23H2,1H3,(H2,24,25,27,28). The van der Waals surface area contributed by atoms with Crippen molar-refractivity contribution in [1.82, 2.24) is 19.5 Å². The largest absolute Gasteiger partial charge is 0.508 e. The van der Waals surface area contributed by atoms with Crippen molar-refractivity contribution in [1.29, 1.82) is 0 Å². The number of nitrogens with one attached hydrogen (secondary N) is 2. The Morgan fingerprint density at radius 2 is 2.00 bits per heavy atom. The topological polar surface area (TPSA) is 140 Å². The Hall–Kier alpha value is -3.07. The predicted molar refractivity (Wildman–Crippen MR) is 119 cm³/mol. The molecule has 9 nitrogen and oxygen atoms in total. The zero-order valence-corrected chi connectivity index (χ0v) is 17.3. The number of imidazole rings is 1. The number of fused-ring (bicyclic) bond motifs is 1. The lowest BCUT2D eigenvalue weighted by molar-refractivity contribution is 0.358. The fourth-order valence-electron chi connectivity index (χ4n) is 3.92. The minimum absolute atomic E-state index is 0.0202. The summed E-state index contributed by atoms with van der Waals surface area (Å²) in [5.74, 6) is 1.31. The van der Waals surface area contributed by atoms with Gasteiger partial charge in [-0.25, -0.2) is 4.98 Å². The molecule has 3 aromatic rings. The molecule has 1 aliphatic carbocycles. The van der Waals surface area contributed by atoms with Crippen LogP contribution in [0.15, 0.2) is 24.5 Å². The van der Waals surface area contributed by atoms with Crippen molar-refractivity contribution in [3.63, 3.8) is 0 Å². The lowest BCUT2D eigenvalue weighted by atomic mass is 9.95. The third-order valence-corrected chi connectivity index (χ3v) is 5.52. The molecule has 0 saturated heterocycles. The third-order valence-electron chi connectivity index (χ3n) is 5.52. The maximum atomic E-state index is 10.1. The Kier molecular flexibility index (Phi) is 5.89. The summed E-state index contributed by atoms with van der Waals surface area (Å²) >= 11 is 0. The van der Waals surface area contributed by atoms with Crippen LogP contribution in [-0.4, -0.2) is 37.2 Å². The van der Waals surface area contributed by atoms with Crippen LogP contribution < -0.4 is 22.1 Å². The summed E-state index contributed by atoms with van der Waals surface area (Å²) in [5.41, 5.74) is 14.6. The fraction of sp³-hybridized carbons (Fsp3) is 0.476. The molecular formula is C21H30N8O. The quantitative estimate of drug-likeness (QED) is 0.296. The van der Waals surface area contributed by atoms with Gasteiger partial charge in [-0.3, -0.25) is 0 Å². The van der Waals surface area contributed by atoms with Gasteiger partial charge in [0.2, 0.25) is 5.95 Å². The highest BCUT2D eigenvalue weighted by atomic mass is 16.3. The van der Waals surface area contributed by atoms with Crippen LogP contribution in [0.4, 0.5) is 17.5 Å². The summed E-state index contributed by atoms with van der Waals surface area (Å²) in [6.07, 6.45) is 7.88. The van der Waals surface area contributed by atoms with E-state index in [0.29, 0.717) is 42.1 Å². The molecule has 0 spiro atoms. The van der Waals surface area contributed by atoms with Gasteiger partial charge in [0.1, 0.15) is 5.75 Å². The van der Waals surface area contributed by atoms with Gasteiger partial charge >= 0.3 is 0 Å². The van der Waals surface area contributed by atoms with E-state index in [2.05, 4.69) is 25.2 Å². The van der Waals surface area contributed by atoms with Crippen LogP contribution in [0.25, 0.3) is 11.2 Å². The Balaban J connectivity index is 1.67. The number of benzene rings is 1. The van der Waals surface area contributed by atoms with Crippen molar-refractivity contribution < 1.29 is 5.11 Å². The molecule has 2 heterocycles. The van der Waals surface area contributed by atoms with Crippen molar-refractivity contribution in [2.75, 3.05) is 22.9 Å². The van der Waals surface area contributed by atoms with Crippen molar-refractivity contribution >= 4 is 28.6 Å². The number of nitrogen functional groups attached to an aromatic ring is 1. The van der Waals surface area contributed by atoms with Gasteiger partial charge in [0, 0.05) is 36.4 Å². The molecule has 0 bridgehead atoms. The van der Waals surface area contributed by atoms with Crippen LogP contribution in [0.3, 0.4) is 0 Å². The molecule has 1 atom stereocenters. The number of hydrogen-bond acceptors (Lipinski definition) is 8. The smallest absolute Gasteiger partial charge is 0.226 e. The summed E-state index contributed by atoms with van der Waals surface area (Å²) < 4.78 is 2.18. The Morgan fingerprint density at radius 1 is 1.20 bits per heavy atom. The molecule has 7 N–H and O–H groups in total. The van der Waals surface area contributed by atoms with Gasteiger partial charge in [-0.2, -0.15) is 9.97 Å². The van der Waals surface area contributed by atoms with Crippen LogP contribution in [0.2, 0.25) is 0 Å². The monoisotopic (exact) mass is 410 g/mol. The van der Waals surface area contributed by atoms with Gasteiger partial charge in [-0.15, -0.1) is 0 Å². The molecule has 1 unspecified atom stereocenters. The SMILES string of the molecule is CC(N)CNc1nc(NCc2cc(N)ccc2O)c2ncn(C3CCCCC3)c2n1. The van der Waals surface area contributed by atoms with Gasteiger partial charge in [0.05, 0.1) is 6.33 Å². The molecule has 0 aliphatic heterocycles. The molecule has 1 saturated carbocycles. The lowest BCUT2D eigenvalue weighted by Gasteiger charge is -2.23. The van der Waals surface area contributed by atoms with E-state index < -0.39 is 0 Å². The molecule has 0 amide bonds. The van der Waals surface area contributed by atoms with Crippen LogP contribution in [0.5, 0.6) is 5.75 Å². The zero-order chi connectivity index (χ0) is 21.1. The maximum absolute atomic E-state index is 10.1. The molecule has 30 heavy (non-hydrogen) atoms. The van der Waals surface area contributed by atoms with Crippen molar-refractivity contribution in [2.45, 2.75) is 57.7 Å². The number of nitrogens with two attached hydrogens (primary N) is 2. The molecule has 0 radical (unpaired) electrons. The Labute approximate surface area is 175 Å². The Bertz CT molecular complexity index is 1010. The average Bonchev–Trinajstić information content (AvgIpc) is 3.17. The minimum atomic E-state index is -0.0202. The molecule has 2 aromatic heterocycles. The van der Waals surface area contributed by atoms with E-state index in [0.717, 1.165) is 24.0 Å². The summed E-state index contributed by atoms with van der Waals surface area (Å²) in [4.78, 5) is 14.0. The molecular weight excluding hydrogens is 380 g/mol. The predicted octanol–water partition coefficient (Wildman–Crippen LogP) is 2.99. The molecule has 9 heteroatoms. The second kappa shape index (κ2) is 8.74. The highest BCUT2D eigenvalue weighted by Crippen LogP contribution is 2.32. The number of hydrogen-bond donors (Lipinski definition) is 5. The summed E-state index contributed by atoms with van der Waals surface area (Å²) in [6.45, 7) is 2.87. The zero-order valence-electron chi connectivity index (χ0n) is 17.3. The van der Waals surface area contributed by atoms with E-state index in [9.17, 15) is 5.11 Å². The number of aromatic hydroxyl groups is 1. The highest BCUT2D eigenvalue weighted by molar-refractivity contribution is 5.84. The maximum Gasteiger partial charge on any atom is 0.226 e. The van der Waals surface area contributed by atoms with Crippen LogP contribution in [0.1, 0.15) is 50.6 Å². The number of phenolic OH excluding ortho intramolecular Hbond substituents is 1. The molecule has 160 valence electrons. The first kappa shape index (κ1) is 20.2. The van der Waals surface area contributed by atoms with Gasteiger partial charge in [-0.05, 0) is 38.0 Å². The van der Waals surface area contributed by atoms with E-state index in [4.69, 9.17) is 16.5 Å². The van der Waals surface area contributed by atoms with Gasteiger partial charge < -0.3 is 31.8 Å². The first-order chi connectivity index (χ1) is 14.5. The second-order valence-corrected chi connectivity index (χ2v) is 8.11. The summed E-state index contributed by atoms with van der Waals surface area (Å²) in [5, 5.41) is 16.6. The minimum Gasteiger partial charge on any atom is -0.508 e. The summed E-state index contributed by atoms with van der Waals surface area (Å²) in [6, 6.07) is 5.40. The molecule has 1 aliphatic rings. The molecule has 1 aromatic carbocycles. The first-order valence-electron chi connectivity index (χ1n) is 10.6. The third kappa shape index (κ3) is 4.40. The Morgan fingerprint density at radius 3 is 2.77 bits per heavy atom. The van der Waals surface area contributed by atoms with Crippen molar-refractivity contribution in [2.24, 2.45) is 5.73 Å². The number of aromatic nitrogens is 4. The van der Waals surface area contributed by atoms with E-state index in [-0.39, 0.29) is 11.8 Å². The average molecular weight is 411 g/mol. The van der Waals surface area contributed by atoms with E-state index >= 15 is 0 Å². The van der Waals surface area contributed by atoms with Crippen LogP contribution in [-0.2, 0) is 6.54 Å². The van der Waals surface area contributed by atoms with Gasteiger partial charge in [0.15, 0.2) is 17.0 Å². The van der Waals surface area contributed by atoms with Crippen molar-refractivity contribution in [3.05, 3.63) is 30.1 Å². The van der Waals surface area contributed by atoms with Crippen LogP contribution in [0, 0.1) is 0 Å². The van der Waals surface area contributed by atoms with Gasteiger partial charge in [-0.1, -0.05) is 19.3 Å².